The number of halogens is 1. The van der Waals surface area contributed by atoms with E-state index in [1.807, 2.05) is 6.92 Å². The number of methoxy groups -OCH3 is 1. The number of carbonyl (C=O) groups excluding carboxylic acids is 1. The molecule has 56 valence electrons. The smallest absolute Gasteiger partial charge is 0.305 e. The molecule has 3 heteroatoms. The van der Waals surface area contributed by atoms with Gasteiger partial charge in [0.2, 0.25) is 0 Å². The molecule has 0 heterocycles. The Morgan fingerprint density at radius 2 is 2.00 bits per heavy atom. The average molecular weight is 136 g/mol. The molecule has 0 spiro atoms. The molecule has 0 aromatic carbocycles. The molecule has 0 aliphatic carbocycles. The maximum atomic E-state index is 10.2. The third kappa shape index (κ3) is 11.1. The lowest BCUT2D eigenvalue weighted by Gasteiger charge is -1.91. The van der Waals surface area contributed by atoms with Crippen molar-refractivity contribution in [2.75, 3.05) is 14.3 Å². The second-order valence-corrected chi connectivity index (χ2v) is 1.33. The molecule has 0 saturated carbocycles. The Hall–Kier alpha value is -0.600. The second-order valence-electron chi connectivity index (χ2n) is 1.33. The van der Waals surface area contributed by atoms with Crippen LogP contribution in [0.25, 0.3) is 0 Å². The number of esters is 1. The Balaban J connectivity index is 0. The molecule has 0 fully saturated rings. The normalized spacial score (nSPS) is 7.11. The number of carbonyl (C=O) groups is 1. The largest absolute Gasteiger partial charge is 0.469 e. The van der Waals surface area contributed by atoms with Gasteiger partial charge in [0.1, 0.15) is 0 Å². The molecule has 0 amide bonds. The maximum Gasteiger partial charge on any atom is 0.305 e. The zero-order valence-electron chi connectivity index (χ0n) is 6.11. The van der Waals surface area contributed by atoms with Crippen LogP contribution in [0.15, 0.2) is 0 Å². The van der Waals surface area contributed by atoms with Crippen molar-refractivity contribution >= 4 is 5.97 Å². The van der Waals surface area contributed by atoms with Crippen LogP contribution in [-0.4, -0.2) is 20.3 Å². The first-order valence-corrected chi connectivity index (χ1v) is 2.76. The monoisotopic (exact) mass is 136 g/mol. The molecule has 0 radical (unpaired) electrons. The van der Waals surface area contributed by atoms with Crippen molar-refractivity contribution < 1.29 is 13.9 Å². The third-order valence-corrected chi connectivity index (χ3v) is 0.682. The van der Waals surface area contributed by atoms with Gasteiger partial charge in [0.05, 0.1) is 14.3 Å². The highest BCUT2D eigenvalue weighted by Gasteiger charge is 1.92. The van der Waals surface area contributed by atoms with Crippen LogP contribution in [0.2, 0.25) is 0 Å². The molecule has 0 bridgehead atoms. The van der Waals surface area contributed by atoms with Gasteiger partial charge in [-0.3, -0.25) is 9.18 Å². The number of rotatable bonds is 2. The van der Waals surface area contributed by atoms with Gasteiger partial charge >= 0.3 is 5.97 Å². The SMILES string of the molecule is CCCC(=O)OC.CF. The lowest BCUT2D eigenvalue weighted by molar-refractivity contribution is -0.140. The van der Waals surface area contributed by atoms with E-state index in [0.717, 1.165) is 6.42 Å². The predicted octanol–water partition coefficient (Wildman–Crippen LogP) is 1.55. The van der Waals surface area contributed by atoms with E-state index in [0.29, 0.717) is 13.6 Å². The van der Waals surface area contributed by atoms with Crippen LogP contribution in [0.1, 0.15) is 19.8 Å². The van der Waals surface area contributed by atoms with E-state index in [4.69, 9.17) is 0 Å². The lowest BCUT2D eigenvalue weighted by atomic mass is 10.3. The average Bonchev–Trinajstić information content (AvgIpc) is 1.93. The molecule has 0 aromatic rings. The summed E-state index contributed by atoms with van der Waals surface area (Å²) in [6, 6.07) is 0. The van der Waals surface area contributed by atoms with Crippen LogP contribution in [0.5, 0.6) is 0 Å². The van der Waals surface area contributed by atoms with E-state index in [1.54, 1.807) is 0 Å². The third-order valence-electron chi connectivity index (χ3n) is 0.682. The molecular weight excluding hydrogens is 123 g/mol. The molecule has 0 N–H and O–H groups in total. The number of hydrogen-bond acceptors (Lipinski definition) is 2. The fourth-order valence-electron chi connectivity index (χ4n) is 0.306. The molecular formula is C6H13FO2. The molecule has 2 nitrogen and oxygen atoms in total. The Labute approximate surface area is 55.0 Å². The Morgan fingerprint density at radius 1 is 1.56 bits per heavy atom. The van der Waals surface area contributed by atoms with Crippen LogP contribution in [0.4, 0.5) is 4.39 Å². The number of ether oxygens (including phenoxy) is 1. The summed E-state index contributed by atoms with van der Waals surface area (Å²) in [5.74, 6) is -0.123. The zero-order chi connectivity index (χ0) is 7.70. The van der Waals surface area contributed by atoms with Gasteiger partial charge in [-0.15, -0.1) is 0 Å². The molecule has 0 unspecified atom stereocenters. The van der Waals surface area contributed by atoms with E-state index in [1.165, 1.54) is 7.11 Å². The molecule has 0 saturated heterocycles. The highest BCUT2D eigenvalue weighted by atomic mass is 19.1. The fourth-order valence-corrected chi connectivity index (χ4v) is 0.306. The summed E-state index contributed by atoms with van der Waals surface area (Å²) < 4.78 is 13.9. The van der Waals surface area contributed by atoms with Gasteiger partial charge < -0.3 is 4.74 Å². The summed E-state index contributed by atoms with van der Waals surface area (Å²) in [5, 5.41) is 0. The summed E-state index contributed by atoms with van der Waals surface area (Å²) in [4.78, 5) is 10.2. The van der Waals surface area contributed by atoms with Crippen molar-refractivity contribution in [2.24, 2.45) is 0 Å². The van der Waals surface area contributed by atoms with Gasteiger partial charge in [-0.2, -0.15) is 0 Å². The van der Waals surface area contributed by atoms with Crippen molar-refractivity contribution in [2.45, 2.75) is 19.8 Å². The predicted molar refractivity (Wildman–Crippen MR) is 34.0 cm³/mol. The minimum atomic E-state index is -0.123. The topological polar surface area (TPSA) is 26.3 Å². The molecule has 9 heavy (non-hydrogen) atoms. The van der Waals surface area contributed by atoms with E-state index < -0.39 is 0 Å². The van der Waals surface area contributed by atoms with Gasteiger partial charge in [0.15, 0.2) is 0 Å². The van der Waals surface area contributed by atoms with Gasteiger partial charge in [0, 0.05) is 6.42 Å². The van der Waals surface area contributed by atoms with E-state index in [-0.39, 0.29) is 5.97 Å². The second kappa shape index (κ2) is 10.4. The van der Waals surface area contributed by atoms with E-state index in [9.17, 15) is 9.18 Å². The summed E-state index contributed by atoms with van der Waals surface area (Å²) in [7, 11) is 1.90. The van der Waals surface area contributed by atoms with Gasteiger partial charge in [0.25, 0.3) is 0 Å². The highest BCUT2D eigenvalue weighted by molar-refractivity contribution is 5.68. The first kappa shape index (κ1) is 11.2. The van der Waals surface area contributed by atoms with Gasteiger partial charge in [-0.1, -0.05) is 6.92 Å². The van der Waals surface area contributed by atoms with E-state index >= 15 is 0 Å². The first-order chi connectivity index (χ1) is 4.31. The van der Waals surface area contributed by atoms with Crippen molar-refractivity contribution in [3.63, 3.8) is 0 Å². The van der Waals surface area contributed by atoms with Gasteiger partial charge in [-0.05, 0) is 6.42 Å². The van der Waals surface area contributed by atoms with Crippen molar-refractivity contribution in [3.05, 3.63) is 0 Å². The quantitative estimate of drug-likeness (QED) is 0.538. The minimum absolute atomic E-state index is 0.123. The number of hydrogen-bond donors (Lipinski definition) is 0. The lowest BCUT2D eigenvalue weighted by Crippen LogP contribution is -1.97. The first-order valence-electron chi connectivity index (χ1n) is 2.76. The van der Waals surface area contributed by atoms with Crippen LogP contribution in [-0.2, 0) is 9.53 Å². The highest BCUT2D eigenvalue weighted by Crippen LogP contribution is 1.86. The van der Waals surface area contributed by atoms with Crippen LogP contribution in [0.3, 0.4) is 0 Å². The van der Waals surface area contributed by atoms with Crippen molar-refractivity contribution in [1.82, 2.24) is 0 Å². The molecule has 0 aliphatic rings. The zero-order valence-corrected chi connectivity index (χ0v) is 6.11. The number of alkyl halides is 1. The maximum absolute atomic E-state index is 10.2. The molecule has 0 rings (SSSR count). The summed E-state index contributed by atoms with van der Waals surface area (Å²) in [6.07, 6.45) is 1.41. The van der Waals surface area contributed by atoms with Gasteiger partial charge in [-0.25, -0.2) is 0 Å². The summed E-state index contributed by atoms with van der Waals surface area (Å²) in [6.45, 7) is 1.94. The molecule has 0 atom stereocenters. The fraction of sp³-hybridized carbons (Fsp3) is 0.833. The van der Waals surface area contributed by atoms with Crippen LogP contribution < -0.4 is 0 Å². The summed E-state index contributed by atoms with van der Waals surface area (Å²) >= 11 is 0. The summed E-state index contributed by atoms with van der Waals surface area (Å²) in [5.41, 5.74) is 0. The molecule has 0 aliphatic heterocycles. The van der Waals surface area contributed by atoms with Crippen molar-refractivity contribution in [1.29, 1.82) is 0 Å². The Bertz CT molecular complexity index is 64.1. The minimum Gasteiger partial charge on any atom is -0.469 e. The van der Waals surface area contributed by atoms with Crippen molar-refractivity contribution in [3.8, 4) is 0 Å². The Morgan fingerprint density at radius 3 is 2.11 bits per heavy atom. The molecule has 0 aromatic heterocycles. The van der Waals surface area contributed by atoms with E-state index in [2.05, 4.69) is 4.74 Å². The van der Waals surface area contributed by atoms with Crippen LogP contribution in [0, 0.1) is 0 Å². The Kier molecular flexibility index (Phi) is 13.0. The standard InChI is InChI=1S/C5H10O2.CH3F/c1-3-4-5(6)7-2;1-2/h3-4H2,1-2H3;1H3. The van der Waals surface area contributed by atoms with Crippen LogP contribution >= 0.6 is 0 Å².